The van der Waals surface area contributed by atoms with Crippen molar-refractivity contribution in [3.8, 4) is 0 Å². The Kier molecular flexibility index (Phi) is 6.18. The van der Waals surface area contributed by atoms with Crippen LogP contribution in [0.25, 0.3) is 22.1 Å². The second-order valence-corrected chi connectivity index (χ2v) is 12.1. The molecular formula is C28H37N7O3. The number of hydrogen-bond acceptors (Lipinski definition) is 8. The molecule has 3 aromatic heterocycles. The van der Waals surface area contributed by atoms with Gasteiger partial charge in [0.1, 0.15) is 41.9 Å². The average Bonchev–Trinajstić information content (AvgIpc) is 3.52. The Labute approximate surface area is 221 Å². The van der Waals surface area contributed by atoms with Crippen LogP contribution in [0.4, 0.5) is 5.82 Å². The number of aliphatic hydroxyl groups excluding tert-OH is 2. The molecule has 0 spiro atoms. The highest BCUT2D eigenvalue weighted by Gasteiger charge is 2.45. The van der Waals surface area contributed by atoms with Crippen LogP contribution in [0, 0.1) is 5.92 Å². The van der Waals surface area contributed by atoms with Crippen molar-refractivity contribution < 1.29 is 14.9 Å². The number of aliphatic hydroxyl groups is 2. The quantitative estimate of drug-likeness (QED) is 0.305. The number of H-pyrrole nitrogens is 1. The Morgan fingerprint density at radius 2 is 1.95 bits per heavy atom. The van der Waals surface area contributed by atoms with E-state index in [1.54, 1.807) is 16.8 Å². The zero-order chi connectivity index (χ0) is 26.8. The Bertz CT molecular complexity index is 1450. The highest BCUT2D eigenvalue weighted by Crippen LogP contribution is 2.37. The summed E-state index contributed by atoms with van der Waals surface area (Å²) in [5.74, 6) is 1.98. The fourth-order valence-electron chi connectivity index (χ4n) is 5.86. The number of hydrogen-bond donors (Lipinski definition) is 4. The molecule has 6 rings (SSSR count). The molecule has 1 saturated carbocycles. The number of nitrogens with one attached hydrogen (secondary N) is 1. The van der Waals surface area contributed by atoms with E-state index in [1.165, 1.54) is 11.9 Å². The standard InChI is InChI=1S/C28H37N7O3/c1-28(2,3)16-5-6-19-20(12-16)33-22(32-19)11-15-9-17(10-15)34(4)13-21-23(36)24(37)27(38-21)35-8-7-18-25(29)30-14-31-26(18)35/h5-8,12,14-15,17,21,23-24,27,36-37H,9-11,13H2,1-4H3,(H,32,33)(H2,29,30,31)/t15?,17?,21?,23-,24-,27?/m1/s1. The van der Waals surface area contributed by atoms with Gasteiger partial charge >= 0.3 is 0 Å². The van der Waals surface area contributed by atoms with Gasteiger partial charge in [-0.2, -0.15) is 0 Å². The Morgan fingerprint density at radius 3 is 2.71 bits per heavy atom. The lowest BCUT2D eigenvalue weighted by Gasteiger charge is -2.42. The van der Waals surface area contributed by atoms with Crippen molar-refractivity contribution in [3.05, 3.63) is 48.2 Å². The summed E-state index contributed by atoms with van der Waals surface area (Å²) in [6.45, 7) is 7.20. The maximum Gasteiger partial charge on any atom is 0.164 e. The Hall–Kier alpha value is -3.05. The molecule has 2 aliphatic rings. The number of nitrogen functional groups attached to an aromatic ring is 1. The maximum atomic E-state index is 10.8. The van der Waals surface area contributed by atoms with E-state index < -0.39 is 24.5 Å². The molecule has 4 heterocycles. The number of anilines is 1. The van der Waals surface area contributed by atoms with E-state index in [0.717, 1.165) is 36.1 Å². The van der Waals surface area contributed by atoms with Crippen LogP contribution >= 0.6 is 0 Å². The summed E-state index contributed by atoms with van der Waals surface area (Å²) in [5.41, 5.74) is 10.1. The molecular weight excluding hydrogens is 482 g/mol. The molecule has 10 heteroatoms. The number of nitrogens with two attached hydrogens (primary N) is 1. The first-order valence-corrected chi connectivity index (χ1v) is 13.4. The van der Waals surface area contributed by atoms with Crippen molar-refractivity contribution in [2.24, 2.45) is 5.92 Å². The molecule has 10 nitrogen and oxygen atoms in total. The molecule has 0 amide bonds. The van der Waals surface area contributed by atoms with E-state index in [9.17, 15) is 10.2 Å². The zero-order valence-corrected chi connectivity index (χ0v) is 22.4. The number of fused-ring (bicyclic) bond motifs is 2. The number of aromatic nitrogens is 5. The second-order valence-electron chi connectivity index (χ2n) is 12.1. The van der Waals surface area contributed by atoms with Gasteiger partial charge in [0.15, 0.2) is 6.23 Å². The lowest BCUT2D eigenvalue weighted by atomic mass is 9.77. The Morgan fingerprint density at radius 1 is 1.16 bits per heavy atom. The summed E-state index contributed by atoms with van der Waals surface area (Å²) in [7, 11) is 2.06. The van der Waals surface area contributed by atoms with Crippen LogP contribution in [0.2, 0.25) is 0 Å². The predicted octanol–water partition coefficient (Wildman–Crippen LogP) is 2.76. The predicted molar refractivity (Wildman–Crippen MR) is 146 cm³/mol. The summed E-state index contributed by atoms with van der Waals surface area (Å²) in [5, 5.41) is 22.2. The molecule has 4 aromatic rings. The first-order chi connectivity index (χ1) is 18.1. The first kappa shape index (κ1) is 25.2. The van der Waals surface area contributed by atoms with Crippen LogP contribution < -0.4 is 5.73 Å². The second kappa shape index (κ2) is 9.30. The highest BCUT2D eigenvalue weighted by atomic mass is 16.6. The lowest BCUT2D eigenvalue weighted by molar-refractivity contribution is -0.0509. The molecule has 1 aliphatic carbocycles. The first-order valence-electron chi connectivity index (χ1n) is 13.4. The summed E-state index contributed by atoms with van der Waals surface area (Å²) in [4.78, 5) is 18.9. The largest absolute Gasteiger partial charge is 0.387 e. The van der Waals surface area contributed by atoms with Crippen molar-refractivity contribution >= 4 is 27.9 Å². The fraction of sp³-hybridized carbons (Fsp3) is 0.536. The molecule has 202 valence electrons. The van der Waals surface area contributed by atoms with Gasteiger partial charge in [0.05, 0.1) is 16.4 Å². The highest BCUT2D eigenvalue weighted by molar-refractivity contribution is 5.86. The molecule has 1 saturated heterocycles. The zero-order valence-electron chi connectivity index (χ0n) is 22.4. The number of imidazole rings is 1. The fourth-order valence-corrected chi connectivity index (χ4v) is 5.86. The monoisotopic (exact) mass is 519 g/mol. The van der Waals surface area contributed by atoms with Gasteiger partial charge in [-0.05, 0) is 55.0 Å². The van der Waals surface area contributed by atoms with E-state index >= 15 is 0 Å². The topological polar surface area (TPSA) is 138 Å². The van der Waals surface area contributed by atoms with Crippen LogP contribution in [-0.2, 0) is 16.6 Å². The number of nitrogens with zero attached hydrogens (tertiary/aromatic N) is 5. The molecule has 1 aliphatic heterocycles. The summed E-state index contributed by atoms with van der Waals surface area (Å²) >= 11 is 0. The van der Waals surface area contributed by atoms with E-state index in [0.29, 0.717) is 35.4 Å². The Balaban J connectivity index is 1.05. The number of rotatable bonds is 6. The minimum atomic E-state index is -1.07. The van der Waals surface area contributed by atoms with Crippen LogP contribution in [0.15, 0.2) is 36.8 Å². The smallest absolute Gasteiger partial charge is 0.164 e. The van der Waals surface area contributed by atoms with Crippen molar-refractivity contribution in [1.29, 1.82) is 0 Å². The molecule has 0 radical (unpaired) electrons. The van der Waals surface area contributed by atoms with Gasteiger partial charge in [-0.15, -0.1) is 0 Å². The molecule has 1 aromatic carbocycles. The molecule has 2 unspecified atom stereocenters. The summed E-state index contributed by atoms with van der Waals surface area (Å²) < 4.78 is 7.88. The summed E-state index contributed by atoms with van der Waals surface area (Å²) in [6.07, 6.45) is 2.89. The minimum absolute atomic E-state index is 0.107. The van der Waals surface area contributed by atoms with Gasteiger partial charge in [0, 0.05) is 25.2 Å². The van der Waals surface area contributed by atoms with Gasteiger partial charge in [0.2, 0.25) is 0 Å². The minimum Gasteiger partial charge on any atom is -0.387 e. The van der Waals surface area contributed by atoms with Crippen molar-refractivity contribution in [2.45, 2.75) is 76.0 Å². The van der Waals surface area contributed by atoms with Crippen LogP contribution in [0.1, 0.15) is 51.2 Å². The van der Waals surface area contributed by atoms with Crippen LogP contribution in [0.3, 0.4) is 0 Å². The number of ether oxygens (including phenoxy) is 1. The maximum absolute atomic E-state index is 10.8. The van der Waals surface area contributed by atoms with Gasteiger partial charge in [-0.1, -0.05) is 26.8 Å². The van der Waals surface area contributed by atoms with Crippen molar-refractivity contribution in [2.75, 3.05) is 19.3 Å². The van der Waals surface area contributed by atoms with Gasteiger partial charge in [-0.3, -0.25) is 0 Å². The number of likely N-dealkylation sites (N-methyl/N-ethyl adjacent to an activating group) is 1. The van der Waals surface area contributed by atoms with Crippen molar-refractivity contribution in [3.63, 3.8) is 0 Å². The number of benzene rings is 1. The van der Waals surface area contributed by atoms with Crippen LogP contribution in [-0.4, -0.2) is 77.6 Å². The molecule has 4 atom stereocenters. The normalized spacial score (nSPS) is 28.0. The van der Waals surface area contributed by atoms with Gasteiger partial charge in [0.25, 0.3) is 0 Å². The van der Waals surface area contributed by atoms with Gasteiger partial charge < -0.3 is 35.1 Å². The molecule has 38 heavy (non-hydrogen) atoms. The van der Waals surface area contributed by atoms with Crippen LogP contribution in [0.5, 0.6) is 0 Å². The van der Waals surface area contributed by atoms with E-state index in [2.05, 4.69) is 65.9 Å². The van der Waals surface area contributed by atoms with Gasteiger partial charge in [-0.25, -0.2) is 15.0 Å². The summed E-state index contributed by atoms with van der Waals surface area (Å²) in [6, 6.07) is 8.71. The third-order valence-corrected chi connectivity index (χ3v) is 8.33. The average molecular weight is 520 g/mol. The third-order valence-electron chi connectivity index (χ3n) is 8.33. The number of aromatic amines is 1. The molecule has 2 fully saturated rings. The lowest BCUT2D eigenvalue weighted by Crippen LogP contribution is -2.48. The van der Waals surface area contributed by atoms with E-state index in [4.69, 9.17) is 15.5 Å². The third kappa shape index (κ3) is 4.45. The molecule has 5 N–H and O–H groups in total. The van der Waals surface area contributed by atoms with E-state index in [1.807, 2.05) is 0 Å². The molecule has 0 bridgehead atoms. The van der Waals surface area contributed by atoms with Crippen molar-refractivity contribution in [1.82, 2.24) is 29.4 Å². The SMILES string of the molecule is CN(CC1OC(n2ccc3c(N)ncnc32)[C@H](O)[C@@H]1O)C1CC(Cc2nc3ccc(C(C)(C)C)cc3[nH]2)C1. The van der Waals surface area contributed by atoms with E-state index in [-0.39, 0.29) is 5.41 Å².